The quantitative estimate of drug-likeness (QED) is 0.371. The van der Waals surface area contributed by atoms with E-state index in [0.717, 1.165) is 13.1 Å². The van der Waals surface area contributed by atoms with Gasteiger partial charge in [0.25, 0.3) is 0 Å². The molecule has 0 amide bonds. The van der Waals surface area contributed by atoms with Gasteiger partial charge in [-0.2, -0.15) is 0 Å². The van der Waals surface area contributed by atoms with Gasteiger partial charge >= 0.3 is 0 Å². The van der Waals surface area contributed by atoms with Gasteiger partial charge < -0.3 is 4.57 Å². The van der Waals surface area contributed by atoms with Crippen molar-refractivity contribution in [2.75, 3.05) is 0 Å². The van der Waals surface area contributed by atoms with Crippen LogP contribution in [0.25, 0.3) is 34.0 Å². The summed E-state index contributed by atoms with van der Waals surface area (Å²) in [5.41, 5.74) is 5.10. The standard InChI is InChI=1S/C25H27N2/c1-3-5-16-26-17-14-20(15-18-26)10-11-21-12-13-25-23(19-21)22-8-6-7-9-24(22)27(25)4-2/h6-15,17-19H,3-5,16H2,1-2H3/q+1. The summed E-state index contributed by atoms with van der Waals surface area (Å²) in [7, 11) is 0. The van der Waals surface area contributed by atoms with E-state index in [2.05, 4.69) is 102 Å². The molecular weight excluding hydrogens is 328 g/mol. The summed E-state index contributed by atoms with van der Waals surface area (Å²) >= 11 is 0. The van der Waals surface area contributed by atoms with E-state index in [1.165, 1.54) is 45.8 Å². The van der Waals surface area contributed by atoms with Crippen molar-refractivity contribution in [2.45, 2.75) is 39.8 Å². The number of para-hydroxylation sites is 1. The summed E-state index contributed by atoms with van der Waals surface area (Å²) < 4.78 is 4.65. The van der Waals surface area contributed by atoms with Crippen molar-refractivity contribution in [3.05, 3.63) is 78.1 Å². The topological polar surface area (TPSA) is 8.81 Å². The summed E-state index contributed by atoms with van der Waals surface area (Å²) in [6, 6.07) is 19.8. The lowest BCUT2D eigenvalue weighted by Crippen LogP contribution is -2.32. The van der Waals surface area contributed by atoms with E-state index in [-0.39, 0.29) is 0 Å². The van der Waals surface area contributed by atoms with Gasteiger partial charge in [0.15, 0.2) is 12.4 Å². The van der Waals surface area contributed by atoms with Gasteiger partial charge in [0.1, 0.15) is 6.54 Å². The number of aromatic nitrogens is 2. The highest BCUT2D eigenvalue weighted by Gasteiger charge is 2.08. The van der Waals surface area contributed by atoms with Crippen molar-refractivity contribution < 1.29 is 4.57 Å². The zero-order valence-electron chi connectivity index (χ0n) is 16.2. The highest BCUT2D eigenvalue weighted by molar-refractivity contribution is 6.08. The number of rotatable bonds is 6. The molecule has 0 fully saturated rings. The molecular formula is C25H27N2+. The molecule has 2 aromatic carbocycles. The Morgan fingerprint density at radius 1 is 0.815 bits per heavy atom. The van der Waals surface area contributed by atoms with Crippen molar-refractivity contribution in [2.24, 2.45) is 0 Å². The fourth-order valence-electron chi connectivity index (χ4n) is 3.78. The predicted octanol–water partition coefficient (Wildman–Crippen LogP) is 6.07. The summed E-state index contributed by atoms with van der Waals surface area (Å²) in [4.78, 5) is 0. The number of pyridine rings is 1. The number of benzene rings is 2. The van der Waals surface area contributed by atoms with Crippen LogP contribution in [0, 0.1) is 0 Å². The average molecular weight is 356 g/mol. The third-order valence-electron chi connectivity index (χ3n) is 5.27. The molecule has 4 aromatic rings. The lowest BCUT2D eigenvalue weighted by molar-refractivity contribution is -0.697. The normalized spacial score (nSPS) is 11.8. The van der Waals surface area contributed by atoms with Crippen LogP contribution in [0.3, 0.4) is 0 Å². The Morgan fingerprint density at radius 3 is 2.33 bits per heavy atom. The number of aryl methyl sites for hydroxylation is 2. The molecule has 0 aliphatic carbocycles. The number of nitrogens with zero attached hydrogens (tertiary/aromatic N) is 2. The minimum atomic E-state index is 0.987. The molecule has 136 valence electrons. The van der Waals surface area contributed by atoms with E-state index in [9.17, 15) is 0 Å². The molecule has 0 spiro atoms. The Bertz CT molecular complexity index is 1080. The zero-order valence-corrected chi connectivity index (χ0v) is 16.2. The van der Waals surface area contributed by atoms with Gasteiger partial charge in [-0.05, 0) is 36.2 Å². The van der Waals surface area contributed by atoms with E-state index in [1.807, 2.05) is 0 Å². The molecule has 27 heavy (non-hydrogen) atoms. The minimum absolute atomic E-state index is 0.987. The third kappa shape index (κ3) is 3.52. The smallest absolute Gasteiger partial charge is 0.169 e. The second kappa shape index (κ2) is 7.79. The van der Waals surface area contributed by atoms with Gasteiger partial charge in [-0.25, -0.2) is 4.57 Å². The highest BCUT2D eigenvalue weighted by atomic mass is 15.0. The third-order valence-corrected chi connectivity index (χ3v) is 5.27. The molecule has 2 heterocycles. The maximum absolute atomic E-state index is 2.39. The van der Waals surface area contributed by atoms with Crippen LogP contribution in [0.5, 0.6) is 0 Å². The summed E-state index contributed by atoms with van der Waals surface area (Å²) in [6.07, 6.45) is 11.2. The summed E-state index contributed by atoms with van der Waals surface area (Å²) in [6.45, 7) is 6.52. The largest absolute Gasteiger partial charge is 0.341 e. The maximum Gasteiger partial charge on any atom is 0.169 e. The van der Waals surface area contributed by atoms with E-state index < -0.39 is 0 Å². The Kier molecular flexibility index (Phi) is 5.06. The highest BCUT2D eigenvalue weighted by Crippen LogP contribution is 2.30. The molecule has 4 rings (SSSR count). The molecule has 0 atom stereocenters. The second-order valence-corrected chi connectivity index (χ2v) is 7.09. The van der Waals surface area contributed by atoms with Crippen LogP contribution in [0.2, 0.25) is 0 Å². The molecule has 0 radical (unpaired) electrons. The van der Waals surface area contributed by atoms with Gasteiger partial charge in [0.2, 0.25) is 0 Å². The number of hydrogen-bond donors (Lipinski definition) is 0. The zero-order chi connectivity index (χ0) is 18.6. The molecule has 0 saturated heterocycles. The molecule has 0 N–H and O–H groups in total. The monoisotopic (exact) mass is 355 g/mol. The van der Waals surface area contributed by atoms with Gasteiger partial charge in [0.05, 0.1) is 0 Å². The average Bonchev–Trinajstić information content (AvgIpc) is 3.04. The van der Waals surface area contributed by atoms with Crippen molar-refractivity contribution in [1.82, 2.24) is 4.57 Å². The SMILES string of the molecule is CCCC[n+]1ccc(/C=C/c2ccc3c(c2)c2ccccc2n3CC)cc1. The van der Waals surface area contributed by atoms with Gasteiger partial charge in [-0.15, -0.1) is 0 Å². The van der Waals surface area contributed by atoms with Crippen molar-refractivity contribution in [3.63, 3.8) is 0 Å². The van der Waals surface area contributed by atoms with Crippen LogP contribution >= 0.6 is 0 Å². The molecule has 2 aromatic heterocycles. The van der Waals surface area contributed by atoms with Crippen molar-refractivity contribution in [1.29, 1.82) is 0 Å². The van der Waals surface area contributed by atoms with E-state index in [0.29, 0.717) is 0 Å². The maximum atomic E-state index is 2.39. The molecule has 0 saturated carbocycles. The fourth-order valence-corrected chi connectivity index (χ4v) is 3.78. The fraction of sp³-hybridized carbons (Fsp3) is 0.240. The van der Waals surface area contributed by atoms with Crippen LogP contribution < -0.4 is 4.57 Å². The van der Waals surface area contributed by atoms with Gasteiger partial charge in [-0.1, -0.05) is 49.8 Å². The van der Waals surface area contributed by atoms with Crippen molar-refractivity contribution >= 4 is 34.0 Å². The lowest BCUT2D eigenvalue weighted by Gasteiger charge is -2.02. The predicted molar refractivity (Wildman–Crippen MR) is 116 cm³/mol. The van der Waals surface area contributed by atoms with E-state index in [1.54, 1.807) is 0 Å². The Balaban J connectivity index is 1.64. The Labute approximate surface area is 161 Å². The molecule has 0 unspecified atom stereocenters. The van der Waals surface area contributed by atoms with Crippen LogP contribution in [0.1, 0.15) is 37.8 Å². The Morgan fingerprint density at radius 2 is 1.56 bits per heavy atom. The van der Waals surface area contributed by atoms with Crippen molar-refractivity contribution in [3.8, 4) is 0 Å². The first kappa shape index (κ1) is 17.5. The lowest BCUT2D eigenvalue weighted by atomic mass is 10.1. The summed E-state index contributed by atoms with van der Waals surface area (Å²) in [5.74, 6) is 0. The van der Waals surface area contributed by atoms with E-state index in [4.69, 9.17) is 0 Å². The van der Waals surface area contributed by atoms with Gasteiger partial charge in [0, 0.05) is 46.9 Å². The van der Waals surface area contributed by atoms with Crippen LogP contribution in [0.15, 0.2) is 67.0 Å². The second-order valence-electron chi connectivity index (χ2n) is 7.09. The van der Waals surface area contributed by atoms with Crippen LogP contribution in [-0.4, -0.2) is 4.57 Å². The Hall–Kier alpha value is -2.87. The van der Waals surface area contributed by atoms with Crippen LogP contribution in [0.4, 0.5) is 0 Å². The molecule has 2 heteroatoms. The number of unbranched alkanes of at least 4 members (excludes halogenated alkanes) is 1. The minimum Gasteiger partial charge on any atom is -0.341 e. The molecule has 0 aliphatic heterocycles. The molecule has 0 bridgehead atoms. The summed E-state index contributed by atoms with van der Waals surface area (Å²) in [5, 5.41) is 2.67. The molecule has 0 aliphatic rings. The number of hydrogen-bond acceptors (Lipinski definition) is 0. The first-order chi connectivity index (χ1) is 13.3. The van der Waals surface area contributed by atoms with E-state index >= 15 is 0 Å². The first-order valence-corrected chi connectivity index (χ1v) is 9.98. The van der Waals surface area contributed by atoms with Gasteiger partial charge in [-0.3, -0.25) is 0 Å². The first-order valence-electron chi connectivity index (χ1n) is 9.98. The van der Waals surface area contributed by atoms with Crippen LogP contribution in [-0.2, 0) is 13.1 Å². The molecule has 2 nitrogen and oxygen atoms in total. The number of fused-ring (bicyclic) bond motifs is 3.